The van der Waals surface area contributed by atoms with Crippen molar-refractivity contribution in [1.82, 2.24) is 4.98 Å². The van der Waals surface area contributed by atoms with Gasteiger partial charge in [0.05, 0.1) is 12.5 Å². The molecule has 0 radical (unpaired) electrons. The van der Waals surface area contributed by atoms with E-state index in [1.807, 2.05) is 0 Å². The number of nitrogens with zero attached hydrogens (tertiary/aromatic N) is 1. The highest BCUT2D eigenvalue weighted by molar-refractivity contribution is 9.10. The minimum absolute atomic E-state index is 0.302. The third-order valence-electron chi connectivity index (χ3n) is 1.50. The summed E-state index contributed by atoms with van der Waals surface area (Å²) in [6.45, 7) is 0. The zero-order valence-corrected chi connectivity index (χ0v) is 8.23. The highest BCUT2D eigenvalue weighted by Crippen LogP contribution is 2.16. The minimum Gasteiger partial charge on any atom is -0.481 e. The molecule has 1 aromatic rings. The molecule has 0 bridgehead atoms. The fourth-order valence-corrected chi connectivity index (χ4v) is 1.10. The number of carboxylic acid groups (broad SMARTS) is 1. The van der Waals surface area contributed by atoms with Crippen LogP contribution in [0.4, 0.5) is 0 Å². The lowest BCUT2D eigenvalue weighted by molar-refractivity contribution is -0.139. The summed E-state index contributed by atoms with van der Waals surface area (Å²) in [6.07, 6.45) is 0.152. The van der Waals surface area contributed by atoms with Crippen molar-refractivity contribution in [3.05, 3.63) is 28.5 Å². The summed E-state index contributed by atoms with van der Waals surface area (Å²) in [5.41, 5.74) is 0.505. The molecule has 70 valence electrons. The molecule has 2 N–H and O–H groups in total. The molecular formula is C8H8BrNO3. The average Bonchev–Trinajstić information content (AvgIpc) is 2.04. The van der Waals surface area contributed by atoms with Crippen LogP contribution in [0.5, 0.6) is 0 Å². The molecule has 1 atom stereocenters. The zero-order valence-electron chi connectivity index (χ0n) is 6.64. The molecule has 1 aromatic heterocycles. The van der Waals surface area contributed by atoms with Gasteiger partial charge in [-0.25, -0.2) is 4.98 Å². The minimum atomic E-state index is -1.03. The van der Waals surface area contributed by atoms with Crippen LogP contribution in [0.15, 0.2) is 22.9 Å². The van der Waals surface area contributed by atoms with Crippen LogP contribution < -0.4 is 0 Å². The van der Waals surface area contributed by atoms with Crippen molar-refractivity contribution in [2.45, 2.75) is 12.5 Å². The van der Waals surface area contributed by atoms with E-state index >= 15 is 0 Å². The SMILES string of the molecule is O=C(O)CC(O)c1ccc(Br)nc1. The molecule has 0 aromatic carbocycles. The first-order valence-corrected chi connectivity index (χ1v) is 4.40. The summed E-state index contributed by atoms with van der Waals surface area (Å²) in [5.74, 6) is -1.03. The number of aliphatic hydroxyl groups is 1. The van der Waals surface area contributed by atoms with Gasteiger partial charge in [0.15, 0.2) is 0 Å². The van der Waals surface area contributed by atoms with Crippen LogP contribution in [-0.2, 0) is 4.79 Å². The fourth-order valence-electron chi connectivity index (χ4n) is 0.868. The van der Waals surface area contributed by atoms with Gasteiger partial charge in [0, 0.05) is 6.20 Å². The molecule has 4 nitrogen and oxygen atoms in total. The standard InChI is InChI=1S/C8H8BrNO3/c9-7-2-1-5(4-10-7)6(11)3-8(12)13/h1-2,4,6,11H,3H2,(H,12,13). The van der Waals surface area contributed by atoms with Crippen molar-refractivity contribution in [3.63, 3.8) is 0 Å². The topological polar surface area (TPSA) is 70.4 Å². The Morgan fingerprint density at radius 2 is 2.31 bits per heavy atom. The second-order valence-electron chi connectivity index (χ2n) is 2.53. The number of aliphatic carboxylic acids is 1. The lowest BCUT2D eigenvalue weighted by atomic mass is 10.1. The molecule has 1 unspecified atom stereocenters. The molecule has 0 aliphatic carbocycles. The van der Waals surface area contributed by atoms with Gasteiger partial charge in [-0.05, 0) is 27.6 Å². The van der Waals surface area contributed by atoms with Crippen molar-refractivity contribution in [2.75, 3.05) is 0 Å². The molecule has 0 amide bonds. The Hall–Kier alpha value is -0.940. The van der Waals surface area contributed by atoms with E-state index in [0.717, 1.165) is 0 Å². The molecule has 1 heterocycles. The lowest BCUT2D eigenvalue weighted by Crippen LogP contribution is -2.05. The van der Waals surface area contributed by atoms with E-state index in [9.17, 15) is 9.90 Å². The second-order valence-corrected chi connectivity index (χ2v) is 3.34. The van der Waals surface area contributed by atoms with Gasteiger partial charge in [-0.2, -0.15) is 0 Å². The fraction of sp³-hybridized carbons (Fsp3) is 0.250. The van der Waals surface area contributed by atoms with Gasteiger partial charge < -0.3 is 10.2 Å². The number of pyridine rings is 1. The molecule has 0 saturated heterocycles. The highest BCUT2D eigenvalue weighted by Gasteiger charge is 2.11. The van der Waals surface area contributed by atoms with E-state index < -0.39 is 12.1 Å². The zero-order chi connectivity index (χ0) is 9.84. The number of hydrogen-bond donors (Lipinski definition) is 2. The molecule has 5 heteroatoms. The summed E-state index contributed by atoms with van der Waals surface area (Å²) in [4.78, 5) is 14.1. The van der Waals surface area contributed by atoms with Crippen molar-refractivity contribution in [3.8, 4) is 0 Å². The summed E-state index contributed by atoms with van der Waals surface area (Å²) in [5, 5.41) is 17.8. The first-order valence-electron chi connectivity index (χ1n) is 3.61. The normalized spacial score (nSPS) is 12.5. The average molecular weight is 246 g/mol. The molecule has 13 heavy (non-hydrogen) atoms. The van der Waals surface area contributed by atoms with E-state index in [2.05, 4.69) is 20.9 Å². The quantitative estimate of drug-likeness (QED) is 0.790. The first kappa shape index (κ1) is 10.1. The van der Waals surface area contributed by atoms with Gasteiger partial charge in [0.25, 0.3) is 0 Å². The van der Waals surface area contributed by atoms with Crippen molar-refractivity contribution < 1.29 is 15.0 Å². The van der Waals surface area contributed by atoms with Crippen LogP contribution in [0.1, 0.15) is 18.1 Å². The van der Waals surface area contributed by atoms with E-state index in [0.29, 0.717) is 10.2 Å². The number of halogens is 1. The number of aromatic nitrogens is 1. The maximum atomic E-state index is 10.3. The number of carbonyl (C=O) groups is 1. The predicted octanol–water partition coefficient (Wildman–Crippen LogP) is 1.35. The summed E-state index contributed by atoms with van der Waals surface area (Å²) in [7, 11) is 0. The Morgan fingerprint density at radius 3 is 2.77 bits per heavy atom. The third-order valence-corrected chi connectivity index (χ3v) is 1.97. The molecule has 0 saturated carbocycles. The molecule has 0 aliphatic rings. The smallest absolute Gasteiger partial charge is 0.306 e. The molecule has 0 spiro atoms. The Labute approximate surface area is 83.4 Å². The Balaban J connectivity index is 2.71. The molecule has 0 aliphatic heterocycles. The summed E-state index contributed by atoms with van der Waals surface area (Å²) < 4.78 is 0.652. The second kappa shape index (κ2) is 4.34. The number of hydrogen-bond acceptors (Lipinski definition) is 3. The number of carboxylic acids is 1. The maximum Gasteiger partial charge on any atom is 0.306 e. The monoisotopic (exact) mass is 245 g/mol. The number of rotatable bonds is 3. The number of aliphatic hydroxyl groups excluding tert-OH is 1. The van der Waals surface area contributed by atoms with Crippen LogP contribution in [0.25, 0.3) is 0 Å². The van der Waals surface area contributed by atoms with Crippen molar-refractivity contribution in [2.24, 2.45) is 0 Å². The van der Waals surface area contributed by atoms with Gasteiger partial charge >= 0.3 is 5.97 Å². The van der Waals surface area contributed by atoms with E-state index in [-0.39, 0.29) is 6.42 Å². The van der Waals surface area contributed by atoms with Crippen LogP contribution >= 0.6 is 15.9 Å². The predicted molar refractivity (Wildman–Crippen MR) is 49.1 cm³/mol. The van der Waals surface area contributed by atoms with Crippen LogP contribution in [0, 0.1) is 0 Å². The highest BCUT2D eigenvalue weighted by atomic mass is 79.9. The van der Waals surface area contributed by atoms with Gasteiger partial charge in [-0.15, -0.1) is 0 Å². The van der Waals surface area contributed by atoms with Crippen molar-refractivity contribution >= 4 is 21.9 Å². The maximum absolute atomic E-state index is 10.3. The van der Waals surface area contributed by atoms with Crippen LogP contribution in [0.2, 0.25) is 0 Å². The van der Waals surface area contributed by atoms with Gasteiger partial charge in [0.1, 0.15) is 4.60 Å². The van der Waals surface area contributed by atoms with E-state index in [1.165, 1.54) is 6.20 Å². The molecular weight excluding hydrogens is 238 g/mol. The van der Waals surface area contributed by atoms with Gasteiger partial charge in [-0.3, -0.25) is 4.79 Å². The largest absolute Gasteiger partial charge is 0.481 e. The van der Waals surface area contributed by atoms with Crippen LogP contribution in [-0.4, -0.2) is 21.2 Å². The Bertz CT molecular complexity index is 299. The van der Waals surface area contributed by atoms with E-state index in [1.54, 1.807) is 12.1 Å². The van der Waals surface area contributed by atoms with Gasteiger partial charge in [-0.1, -0.05) is 6.07 Å². The lowest BCUT2D eigenvalue weighted by Gasteiger charge is -2.06. The summed E-state index contributed by atoms with van der Waals surface area (Å²) in [6, 6.07) is 3.28. The van der Waals surface area contributed by atoms with Crippen LogP contribution in [0.3, 0.4) is 0 Å². The molecule has 1 rings (SSSR count). The van der Waals surface area contributed by atoms with E-state index in [4.69, 9.17) is 5.11 Å². The third kappa shape index (κ3) is 3.12. The summed E-state index contributed by atoms with van der Waals surface area (Å²) >= 11 is 3.14. The van der Waals surface area contributed by atoms with Crippen molar-refractivity contribution in [1.29, 1.82) is 0 Å². The first-order chi connectivity index (χ1) is 6.09. The molecule has 0 fully saturated rings. The van der Waals surface area contributed by atoms with Gasteiger partial charge in [0.2, 0.25) is 0 Å². The Kier molecular flexibility index (Phi) is 3.39. The Morgan fingerprint density at radius 1 is 1.62 bits per heavy atom.